The fourth-order valence-corrected chi connectivity index (χ4v) is 2.11. The molecule has 14 heavy (non-hydrogen) atoms. The molecule has 2 rings (SSSR count). The Morgan fingerprint density at radius 1 is 1.57 bits per heavy atom. The Morgan fingerprint density at radius 2 is 2.43 bits per heavy atom. The van der Waals surface area contributed by atoms with Crippen LogP contribution >= 0.6 is 0 Å². The maximum Gasteiger partial charge on any atom is 0.194 e. The highest BCUT2D eigenvalue weighted by molar-refractivity contribution is 5.80. The average molecular weight is 197 g/mol. The first-order valence-corrected chi connectivity index (χ1v) is 5.47. The number of rotatable bonds is 0. The Morgan fingerprint density at radius 3 is 3.07 bits per heavy atom. The predicted octanol–water partition coefficient (Wildman–Crippen LogP) is 0.0384. The Bertz CT molecular complexity index is 229. The molecule has 0 amide bonds. The van der Waals surface area contributed by atoms with E-state index in [0.29, 0.717) is 13.1 Å². The third-order valence-corrected chi connectivity index (χ3v) is 2.90. The number of nitrogens with zero attached hydrogens (tertiary/aromatic N) is 2. The fourth-order valence-electron chi connectivity index (χ4n) is 2.11. The molecule has 1 fully saturated rings. The van der Waals surface area contributed by atoms with Gasteiger partial charge in [-0.2, -0.15) is 0 Å². The lowest BCUT2D eigenvalue weighted by atomic mass is 10.0. The average Bonchev–Trinajstić information content (AvgIpc) is 2.19. The molecule has 0 aliphatic carbocycles. The SMILES string of the molecule is CC1CCCN(C2=NCC(O)CN2)C1. The molecule has 0 spiro atoms. The third kappa shape index (κ3) is 2.18. The molecule has 0 aromatic rings. The van der Waals surface area contributed by atoms with Crippen molar-refractivity contribution in [3.8, 4) is 0 Å². The van der Waals surface area contributed by atoms with Crippen molar-refractivity contribution in [2.75, 3.05) is 26.2 Å². The number of aliphatic imine (C=N–C) groups is 1. The van der Waals surface area contributed by atoms with Crippen molar-refractivity contribution in [1.82, 2.24) is 10.2 Å². The number of nitrogens with one attached hydrogen (secondary N) is 1. The van der Waals surface area contributed by atoms with Crippen molar-refractivity contribution < 1.29 is 5.11 Å². The summed E-state index contributed by atoms with van der Waals surface area (Å²) in [5.74, 6) is 1.75. The molecule has 80 valence electrons. The maximum atomic E-state index is 9.29. The van der Waals surface area contributed by atoms with E-state index in [-0.39, 0.29) is 6.10 Å². The number of likely N-dealkylation sites (tertiary alicyclic amines) is 1. The highest BCUT2D eigenvalue weighted by Crippen LogP contribution is 2.15. The van der Waals surface area contributed by atoms with Crippen molar-refractivity contribution in [3.05, 3.63) is 0 Å². The summed E-state index contributed by atoms with van der Waals surface area (Å²) in [5, 5.41) is 12.5. The number of hydrogen-bond acceptors (Lipinski definition) is 4. The second kappa shape index (κ2) is 4.17. The second-order valence-corrected chi connectivity index (χ2v) is 4.39. The molecule has 0 aromatic heterocycles. The van der Waals surface area contributed by atoms with E-state index in [1.807, 2.05) is 0 Å². The van der Waals surface area contributed by atoms with Crippen LogP contribution in [0.4, 0.5) is 0 Å². The summed E-state index contributed by atoms with van der Waals surface area (Å²) in [7, 11) is 0. The van der Waals surface area contributed by atoms with Gasteiger partial charge in [0.25, 0.3) is 0 Å². The summed E-state index contributed by atoms with van der Waals surface area (Å²) in [6.45, 7) is 5.68. The van der Waals surface area contributed by atoms with E-state index >= 15 is 0 Å². The van der Waals surface area contributed by atoms with Crippen LogP contribution < -0.4 is 5.32 Å². The predicted molar refractivity (Wildman–Crippen MR) is 56.3 cm³/mol. The maximum absolute atomic E-state index is 9.29. The molecule has 0 aromatic carbocycles. The zero-order valence-electron chi connectivity index (χ0n) is 8.74. The van der Waals surface area contributed by atoms with Crippen molar-refractivity contribution in [1.29, 1.82) is 0 Å². The van der Waals surface area contributed by atoms with E-state index < -0.39 is 0 Å². The Labute approximate surface area is 85.0 Å². The zero-order chi connectivity index (χ0) is 9.97. The van der Waals surface area contributed by atoms with Crippen LogP contribution in [0.25, 0.3) is 0 Å². The van der Waals surface area contributed by atoms with Gasteiger partial charge in [-0.25, -0.2) is 0 Å². The monoisotopic (exact) mass is 197 g/mol. The molecule has 2 aliphatic heterocycles. The van der Waals surface area contributed by atoms with Crippen molar-refractivity contribution >= 4 is 5.96 Å². The van der Waals surface area contributed by atoms with Crippen molar-refractivity contribution in [3.63, 3.8) is 0 Å². The van der Waals surface area contributed by atoms with Crippen LogP contribution in [0.3, 0.4) is 0 Å². The lowest BCUT2D eigenvalue weighted by molar-refractivity contribution is 0.173. The molecule has 0 saturated carbocycles. The van der Waals surface area contributed by atoms with Gasteiger partial charge in [0, 0.05) is 19.6 Å². The van der Waals surface area contributed by atoms with Crippen LogP contribution in [0, 0.1) is 5.92 Å². The van der Waals surface area contributed by atoms with Gasteiger partial charge < -0.3 is 15.3 Å². The first kappa shape index (κ1) is 9.77. The van der Waals surface area contributed by atoms with Gasteiger partial charge in [0.15, 0.2) is 5.96 Å². The zero-order valence-corrected chi connectivity index (χ0v) is 8.74. The van der Waals surface area contributed by atoms with Crippen LogP contribution in [0.1, 0.15) is 19.8 Å². The van der Waals surface area contributed by atoms with E-state index in [4.69, 9.17) is 0 Å². The Balaban J connectivity index is 1.94. The highest BCUT2D eigenvalue weighted by atomic mass is 16.3. The van der Waals surface area contributed by atoms with Crippen LogP contribution in [0.2, 0.25) is 0 Å². The van der Waals surface area contributed by atoms with Crippen LogP contribution in [-0.2, 0) is 0 Å². The summed E-state index contributed by atoms with van der Waals surface area (Å²) in [4.78, 5) is 6.66. The number of guanidine groups is 1. The van der Waals surface area contributed by atoms with E-state index in [1.54, 1.807) is 0 Å². The van der Waals surface area contributed by atoms with E-state index in [1.165, 1.54) is 12.8 Å². The van der Waals surface area contributed by atoms with Crippen LogP contribution in [0.5, 0.6) is 0 Å². The van der Waals surface area contributed by atoms with Gasteiger partial charge in [-0.05, 0) is 18.8 Å². The number of β-amino-alcohol motifs (C(OH)–C–C–N with tert-alkyl or cyclic N) is 1. The Kier molecular flexibility index (Phi) is 2.91. The van der Waals surface area contributed by atoms with Crippen LogP contribution in [0.15, 0.2) is 4.99 Å². The molecule has 4 nitrogen and oxygen atoms in total. The summed E-state index contributed by atoms with van der Waals surface area (Å²) in [6, 6.07) is 0. The van der Waals surface area contributed by atoms with Gasteiger partial charge in [-0.15, -0.1) is 0 Å². The van der Waals surface area contributed by atoms with E-state index in [0.717, 1.165) is 25.0 Å². The lowest BCUT2D eigenvalue weighted by Gasteiger charge is -2.35. The quantitative estimate of drug-likeness (QED) is 0.576. The van der Waals surface area contributed by atoms with E-state index in [2.05, 4.69) is 22.1 Å². The van der Waals surface area contributed by atoms with Gasteiger partial charge in [0.1, 0.15) is 0 Å². The molecule has 0 radical (unpaired) electrons. The largest absolute Gasteiger partial charge is 0.389 e. The normalized spacial score (nSPS) is 33.6. The first-order valence-electron chi connectivity index (χ1n) is 5.47. The lowest BCUT2D eigenvalue weighted by Crippen LogP contribution is -2.51. The minimum Gasteiger partial charge on any atom is -0.389 e. The van der Waals surface area contributed by atoms with Gasteiger partial charge in [-0.3, -0.25) is 4.99 Å². The minimum absolute atomic E-state index is 0.305. The second-order valence-electron chi connectivity index (χ2n) is 4.39. The molecular formula is C10H19N3O. The smallest absolute Gasteiger partial charge is 0.194 e. The summed E-state index contributed by atoms with van der Waals surface area (Å²) in [6.07, 6.45) is 2.28. The number of piperidine rings is 1. The number of aliphatic hydroxyl groups excluding tert-OH is 1. The molecule has 1 saturated heterocycles. The standard InChI is InChI=1S/C10H19N3O/c1-8-3-2-4-13(7-8)10-11-5-9(14)6-12-10/h8-9,14H,2-7H2,1H3,(H,11,12). The summed E-state index contributed by atoms with van der Waals surface area (Å²) >= 11 is 0. The molecule has 2 heterocycles. The van der Waals surface area contributed by atoms with Gasteiger partial charge >= 0.3 is 0 Å². The Hall–Kier alpha value is -0.770. The molecule has 2 unspecified atom stereocenters. The van der Waals surface area contributed by atoms with Crippen LogP contribution in [-0.4, -0.2) is 48.2 Å². The van der Waals surface area contributed by atoms with E-state index in [9.17, 15) is 5.11 Å². The number of aliphatic hydroxyl groups is 1. The molecule has 4 heteroatoms. The highest BCUT2D eigenvalue weighted by Gasteiger charge is 2.21. The molecule has 0 bridgehead atoms. The first-order chi connectivity index (χ1) is 6.75. The minimum atomic E-state index is -0.305. The van der Waals surface area contributed by atoms with Crippen molar-refractivity contribution in [2.24, 2.45) is 10.9 Å². The van der Waals surface area contributed by atoms with Gasteiger partial charge in [0.2, 0.25) is 0 Å². The molecular weight excluding hydrogens is 178 g/mol. The fraction of sp³-hybridized carbons (Fsp3) is 0.900. The van der Waals surface area contributed by atoms with Gasteiger partial charge in [-0.1, -0.05) is 6.92 Å². The third-order valence-electron chi connectivity index (χ3n) is 2.90. The summed E-state index contributed by atoms with van der Waals surface area (Å²) in [5.41, 5.74) is 0. The molecule has 2 N–H and O–H groups in total. The topological polar surface area (TPSA) is 47.9 Å². The summed E-state index contributed by atoms with van der Waals surface area (Å²) < 4.78 is 0. The molecule has 2 atom stereocenters. The van der Waals surface area contributed by atoms with Crippen molar-refractivity contribution in [2.45, 2.75) is 25.9 Å². The number of hydrogen-bond donors (Lipinski definition) is 2. The van der Waals surface area contributed by atoms with Gasteiger partial charge in [0.05, 0.1) is 12.6 Å². The molecule has 2 aliphatic rings.